The van der Waals surface area contributed by atoms with Crippen molar-refractivity contribution < 1.29 is 20.1 Å². The van der Waals surface area contributed by atoms with Crippen LogP contribution in [0.4, 0.5) is 0 Å². The van der Waals surface area contributed by atoms with E-state index >= 15 is 0 Å². The van der Waals surface area contributed by atoms with E-state index < -0.39 is 5.97 Å². The van der Waals surface area contributed by atoms with Crippen molar-refractivity contribution in [1.82, 2.24) is 14.7 Å². The van der Waals surface area contributed by atoms with Crippen LogP contribution in [-0.2, 0) is 6.54 Å². The number of rotatable bonds is 7. The number of aromatic carboxylic acids is 1. The lowest BCUT2D eigenvalue weighted by Crippen LogP contribution is -2.41. The first-order valence-corrected chi connectivity index (χ1v) is 9.69. The standard InChI is InChI=1S/C20H33N3O4/c1-16(24)13-21-7-8-22(14-17(2)25)10-12-23(11-9-21)15-18-3-5-19(6-4-18)20(26)27/h3-6,16-17,24-25H,7-15H2,1-2H3,(H,26,27)/t16-,17-/m0/s1. The molecule has 0 unspecified atom stereocenters. The number of aliphatic hydroxyl groups excluding tert-OH is 2. The number of hydrogen-bond donors (Lipinski definition) is 3. The summed E-state index contributed by atoms with van der Waals surface area (Å²) in [6, 6.07) is 7.04. The molecule has 3 N–H and O–H groups in total. The minimum atomic E-state index is -0.910. The fourth-order valence-corrected chi connectivity index (χ4v) is 3.47. The van der Waals surface area contributed by atoms with Crippen LogP contribution in [0.25, 0.3) is 0 Å². The molecule has 0 amide bonds. The van der Waals surface area contributed by atoms with Crippen molar-refractivity contribution >= 4 is 5.97 Å². The second-order valence-corrected chi connectivity index (χ2v) is 7.58. The van der Waals surface area contributed by atoms with Crippen LogP contribution < -0.4 is 0 Å². The molecular weight excluding hydrogens is 346 g/mol. The van der Waals surface area contributed by atoms with Crippen molar-refractivity contribution in [2.75, 3.05) is 52.4 Å². The highest BCUT2D eigenvalue weighted by Gasteiger charge is 2.18. The van der Waals surface area contributed by atoms with Gasteiger partial charge in [-0.3, -0.25) is 14.7 Å². The zero-order valence-electron chi connectivity index (χ0n) is 16.4. The smallest absolute Gasteiger partial charge is 0.335 e. The Balaban J connectivity index is 2.03. The van der Waals surface area contributed by atoms with Gasteiger partial charge in [0.15, 0.2) is 0 Å². The number of aliphatic hydroxyl groups is 2. The van der Waals surface area contributed by atoms with Gasteiger partial charge in [-0.25, -0.2) is 4.79 Å². The summed E-state index contributed by atoms with van der Waals surface area (Å²) < 4.78 is 0. The van der Waals surface area contributed by atoms with Gasteiger partial charge >= 0.3 is 5.97 Å². The lowest BCUT2D eigenvalue weighted by molar-refractivity contribution is 0.0696. The van der Waals surface area contributed by atoms with E-state index in [1.165, 1.54) is 0 Å². The fourth-order valence-electron chi connectivity index (χ4n) is 3.47. The number of carboxylic acid groups (broad SMARTS) is 1. The number of nitrogens with zero attached hydrogens (tertiary/aromatic N) is 3. The van der Waals surface area contributed by atoms with E-state index in [9.17, 15) is 15.0 Å². The molecule has 0 bridgehead atoms. The van der Waals surface area contributed by atoms with Crippen molar-refractivity contribution in [3.05, 3.63) is 35.4 Å². The number of benzene rings is 1. The van der Waals surface area contributed by atoms with Gasteiger partial charge in [-0.1, -0.05) is 12.1 Å². The Morgan fingerprint density at radius 1 is 0.852 bits per heavy atom. The van der Waals surface area contributed by atoms with E-state index in [1.807, 2.05) is 26.0 Å². The van der Waals surface area contributed by atoms with Crippen LogP contribution in [-0.4, -0.2) is 101 Å². The largest absolute Gasteiger partial charge is 0.478 e. The fraction of sp³-hybridized carbons (Fsp3) is 0.650. The Morgan fingerprint density at radius 3 is 1.63 bits per heavy atom. The van der Waals surface area contributed by atoms with E-state index in [2.05, 4.69) is 14.7 Å². The van der Waals surface area contributed by atoms with Crippen molar-refractivity contribution in [2.45, 2.75) is 32.6 Å². The van der Waals surface area contributed by atoms with Gasteiger partial charge in [-0.2, -0.15) is 0 Å². The highest BCUT2D eigenvalue weighted by molar-refractivity contribution is 5.87. The Hall–Kier alpha value is -1.51. The summed E-state index contributed by atoms with van der Waals surface area (Å²) in [7, 11) is 0. The second kappa shape index (κ2) is 10.7. The van der Waals surface area contributed by atoms with Gasteiger partial charge in [0.1, 0.15) is 0 Å². The summed E-state index contributed by atoms with van der Waals surface area (Å²) in [6.45, 7) is 10.9. The summed E-state index contributed by atoms with van der Waals surface area (Å²) in [5, 5.41) is 28.6. The molecule has 1 heterocycles. The minimum Gasteiger partial charge on any atom is -0.478 e. The molecule has 1 saturated heterocycles. The maximum absolute atomic E-state index is 11.0. The third kappa shape index (κ3) is 7.94. The zero-order chi connectivity index (χ0) is 19.8. The molecule has 27 heavy (non-hydrogen) atoms. The third-order valence-electron chi connectivity index (χ3n) is 4.85. The van der Waals surface area contributed by atoms with Crippen molar-refractivity contribution in [3.8, 4) is 0 Å². The van der Waals surface area contributed by atoms with Crippen LogP contribution in [0, 0.1) is 0 Å². The van der Waals surface area contributed by atoms with Gasteiger partial charge in [0.05, 0.1) is 17.8 Å². The van der Waals surface area contributed by atoms with Gasteiger partial charge in [-0.15, -0.1) is 0 Å². The molecule has 2 rings (SSSR count). The van der Waals surface area contributed by atoms with Gasteiger partial charge < -0.3 is 15.3 Å². The molecule has 1 aliphatic rings. The molecule has 7 heteroatoms. The van der Waals surface area contributed by atoms with E-state index in [0.29, 0.717) is 18.7 Å². The Bertz CT molecular complexity index is 555. The van der Waals surface area contributed by atoms with Crippen LogP contribution in [0.1, 0.15) is 29.8 Å². The average Bonchev–Trinajstić information content (AvgIpc) is 2.68. The van der Waals surface area contributed by atoms with Gasteiger partial charge in [0, 0.05) is 58.9 Å². The van der Waals surface area contributed by atoms with Crippen LogP contribution in [0.2, 0.25) is 0 Å². The Kier molecular flexibility index (Phi) is 8.66. The average molecular weight is 380 g/mol. The molecule has 0 aromatic heterocycles. The Morgan fingerprint density at radius 2 is 1.26 bits per heavy atom. The monoisotopic (exact) mass is 379 g/mol. The predicted molar refractivity (Wildman–Crippen MR) is 105 cm³/mol. The highest BCUT2D eigenvalue weighted by Crippen LogP contribution is 2.10. The van der Waals surface area contributed by atoms with Gasteiger partial charge in [-0.05, 0) is 31.5 Å². The predicted octanol–water partition coefficient (Wildman–Crippen LogP) is 0.566. The third-order valence-corrected chi connectivity index (χ3v) is 4.85. The summed E-state index contributed by atoms with van der Waals surface area (Å²) in [4.78, 5) is 17.9. The lowest BCUT2D eigenvalue weighted by atomic mass is 10.1. The van der Waals surface area contributed by atoms with Crippen molar-refractivity contribution in [2.24, 2.45) is 0 Å². The molecule has 1 aromatic carbocycles. The summed E-state index contributed by atoms with van der Waals surface area (Å²) in [6.07, 6.45) is -0.735. The van der Waals surface area contributed by atoms with Gasteiger partial charge in [0.25, 0.3) is 0 Å². The molecule has 0 radical (unpaired) electrons. The van der Waals surface area contributed by atoms with Crippen molar-refractivity contribution in [3.63, 3.8) is 0 Å². The molecule has 7 nitrogen and oxygen atoms in total. The molecule has 1 aliphatic heterocycles. The summed E-state index contributed by atoms with van der Waals surface area (Å²) in [5.74, 6) is -0.910. The maximum atomic E-state index is 11.0. The number of hydrogen-bond acceptors (Lipinski definition) is 6. The molecule has 1 fully saturated rings. The minimum absolute atomic E-state index is 0.300. The zero-order valence-corrected chi connectivity index (χ0v) is 16.4. The van der Waals surface area contributed by atoms with Crippen molar-refractivity contribution in [1.29, 1.82) is 0 Å². The molecule has 1 aromatic rings. The quantitative estimate of drug-likeness (QED) is 0.638. The molecule has 152 valence electrons. The normalized spacial score (nSPS) is 20.4. The second-order valence-electron chi connectivity index (χ2n) is 7.58. The SMILES string of the molecule is C[C@H](O)CN1CCN(Cc2ccc(C(=O)O)cc2)CCN(C[C@H](C)O)CC1. The topological polar surface area (TPSA) is 87.5 Å². The van der Waals surface area contributed by atoms with E-state index in [0.717, 1.165) is 51.4 Å². The van der Waals surface area contributed by atoms with Crippen LogP contribution in [0.15, 0.2) is 24.3 Å². The molecule has 0 aliphatic carbocycles. The molecular formula is C20H33N3O4. The van der Waals surface area contributed by atoms with Crippen LogP contribution in [0.5, 0.6) is 0 Å². The number of carbonyl (C=O) groups is 1. The van der Waals surface area contributed by atoms with E-state index in [1.54, 1.807) is 12.1 Å². The number of carboxylic acids is 1. The Labute approximate surface area is 161 Å². The molecule has 2 atom stereocenters. The van der Waals surface area contributed by atoms with Crippen LogP contribution >= 0.6 is 0 Å². The van der Waals surface area contributed by atoms with Crippen LogP contribution in [0.3, 0.4) is 0 Å². The summed E-state index contributed by atoms with van der Waals surface area (Å²) in [5.41, 5.74) is 1.39. The first-order valence-electron chi connectivity index (χ1n) is 9.69. The van der Waals surface area contributed by atoms with E-state index in [4.69, 9.17) is 5.11 Å². The molecule has 0 saturated carbocycles. The number of β-amino-alcohol motifs (C(OH)–C–C–N with tert-alkyl or cyclic N) is 2. The van der Waals surface area contributed by atoms with Gasteiger partial charge in [0.2, 0.25) is 0 Å². The maximum Gasteiger partial charge on any atom is 0.335 e. The summed E-state index contributed by atoms with van der Waals surface area (Å²) >= 11 is 0. The first-order chi connectivity index (χ1) is 12.8. The molecule has 0 spiro atoms. The van der Waals surface area contributed by atoms with E-state index in [-0.39, 0.29) is 12.2 Å². The first kappa shape index (κ1) is 21.8. The highest BCUT2D eigenvalue weighted by atomic mass is 16.4. The lowest BCUT2D eigenvalue weighted by Gasteiger charge is -2.27.